The molecule has 2 heteroatoms. The van der Waals surface area contributed by atoms with Gasteiger partial charge in [0.15, 0.2) is 0 Å². The number of rotatable bonds is 2. The van der Waals surface area contributed by atoms with Crippen LogP contribution in [0.4, 0.5) is 0 Å². The normalized spacial score (nSPS) is 28.1. The van der Waals surface area contributed by atoms with E-state index in [2.05, 4.69) is 36.2 Å². The molecule has 1 aromatic carbocycles. The van der Waals surface area contributed by atoms with E-state index in [9.17, 15) is 0 Å². The van der Waals surface area contributed by atoms with Crippen molar-refractivity contribution in [3.63, 3.8) is 0 Å². The van der Waals surface area contributed by atoms with Crippen LogP contribution < -0.4 is 0 Å². The van der Waals surface area contributed by atoms with E-state index in [0.29, 0.717) is 18.6 Å². The Morgan fingerprint density at radius 2 is 2.07 bits per heavy atom. The van der Waals surface area contributed by atoms with Gasteiger partial charge in [-0.15, -0.1) is 0 Å². The number of nitrogens with zero attached hydrogens (tertiary/aromatic N) is 1. The smallest absolute Gasteiger partial charge is 0.0472 e. The molecule has 0 bridgehead atoms. The molecule has 1 N–H and O–H groups in total. The van der Waals surface area contributed by atoms with E-state index in [1.54, 1.807) is 0 Å². The summed E-state index contributed by atoms with van der Waals surface area (Å²) in [6, 6.07) is 11.0. The third-order valence-corrected chi connectivity index (χ3v) is 3.08. The Balaban J connectivity index is 2.13. The first kappa shape index (κ1) is 9.69. The molecule has 1 aromatic rings. The molecule has 2 rings (SSSR count). The van der Waals surface area contributed by atoms with Crippen LogP contribution in [0, 0.1) is 5.92 Å². The van der Waals surface area contributed by atoms with Crippen LogP contribution in [0.25, 0.3) is 0 Å². The fourth-order valence-electron chi connectivity index (χ4n) is 2.30. The largest absolute Gasteiger partial charge is 0.396 e. The Bertz CT molecular complexity index is 286. The highest BCUT2D eigenvalue weighted by atomic mass is 16.3. The maximum absolute atomic E-state index is 9.12. The zero-order valence-electron chi connectivity index (χ0n) is 8.56. The standard InChI is InChI=1S/C12H17NO/c1-13-8-10(9-14)7-12(13)11-5-3-2-4-6-11/h2-6,10,12,14H,7-9H2,1H3/t10-,12-/m1/s1. The third-order valence-electron chi connectivity index (χ3n) is 3.08. The van der Waals surface area contributed by atoms with Gasteiger partial charge in [0.25, 0.3) is 0 Å². The fraction of sp³-hybridized carbons (Fsp3) is 0.500. The van der Waals surface area contributed by atoms with Crippen molar-refractivity contribution in [2.45, 2.75) is 12.5 Å². The van der Waals surface area contributed by atoms with Crippen LogP contribution in [0.15, 0.2) is 30.3 Å². The van der Waals surface area contributed by atoms with Crippen molar-refractivity contribution in [2.24, 2.45) is 5.92 Å². The lowest BCUT2D eigenvalue weighted by Crippen LogP contribution is -2.18. The summed E-state index contributed by atoms with van der Waals surface area (Å²) in [7, 11) is 2.13. The molecule has 1 fully saturated rings. The van der Waals surface area contributed by atoms with Crippen LogP contribution in [0.5, 0.6) is 0 Å². The zero-order chi connectivity index (χ0) is 9.97. The van der Waals surface area contributed by atoms with Crippen LogP contribution in [0.2, 0.25) is 0 Å². The molecular formula is C12H17NO. The highest BCUT2D eigenvalue weighted by Gasteiger charge is 2.29. The van der Waals surface area contributed by atoms with Gasteiger partial charge in [-0.2, -0.15) is 0 Å². The van der Waals surface area contributed by atoms with Gasteiger partial charge in [0.2, 0.25) is 0 Å². The summed E-state index contributed by atoms with van der Waals surface area (Å²) >= 11 is 0. The summed E-state index contributed by atoms with van der Waals surface area (Å²) in [4.78, 5) is 2.33. The van der Waals surface area contributed by atoms with Gasteiger partial charge >= 0.3 is 0 Å². The van der Waals surface area contributed by atoms with Crippen LogP contribution in [-0.2, 0) is 0 Å². The van der Waals surface area contributed by atoms with Crippen LogP contribution in [0.1, 0.15) is 18.0 Å². The minimum absolute atomic E-state index is 0.313. The Labute approximate surface area is 85.2 Å². The van der Waals surface area contributed by atoms with Gasteiger partial charge in [-0.05, 0) is 24.9 Å². The van der Waals surface area contributed by atoms with Crippen molar-refractivity contribution >= 4 is 0 Å². The fourth-order valence-corrected chi connectivity index (χ4v) is 2.30. The number of hydrogen-bond donors (Lipinski definition) is 1. The first-order valence-electron chi connectivity index (χ1n) is 5.17. The molecule has 0 aromatic heterocycles. The second-order valence-corrected chi connectivity index (χ2v) is 4.15. The highest BCUT2D eigenvalue weighted by molar-refractivity contribution is 5.20. The van der Waals surface area contributed by atoms with Gasteiger partial charge in [0, 0.05) is 19.2 Å². The minimum atomic E-state index is 0.313. The average Bonchev–Trinajstić information content (AvgIpc) is 2.61. The molecule has 14 heavy (non-hydrogen) atoms. The van der Waals surface area contributed by atoms with E-state index in [4.69, 9.17) is 5.11 Å². The Morgan fingerprint density at radius 1 is 1.36 bits per heavy atom. The Morgan fingerprint density at radius 3 is 2.64 bits per heavy atom. The highest BCUT2D eigenvalue weighted by Crippen LogP contribution is 2.33. The Kier molecular flexibility index (Phi) is 2.85. The number of likely N-dealkylation sites (tertiary alicyclic amines) is 1. The SMILES string of the molecule is CN1C[C@H](CO)C[C@@H]1c1ccccc1. The van der Waals surface area contributed by atoms with Gasteiger partial charge in [-0.1, -0.05) is 30.3 Å². The van der Waals surface area contributed by atoms with E-state index in [-0.39, 0.29) is 0 Å². The molecule has 1 saturated heterocycles. The van der Waals surface area contributed by atoms with Crippen molar-refractivity contribution in [3.05, 3.63) is 35.9 Å². The van der Waals surface area contributed by atoms with Crippen molar-refractivity contribution in [1.82, 2.24) is 4.90 Å². The number of aliphatic hydroxyl groups is 1. The topological polar surface area (TPSA) is 23.5 Å². The number of benzene rings is 1. The number of hydrogen-bond acceptors (Lipinski definition) is 2. The summed E-state index contributed by atoms with van der Waals surface area (Å²) in [5.74, 6) is 0.449. The second-order valence-electron chi connectivity index (χ2n) is 4.15. The predicted octanol–water partition coefficient (Wildman–Crippen LogP) is 1.67. The summed E-state index contributed by atoms with van der Waals surface area (Å²) in [5, 5.41) is 9.12. The van der Waals surface area contributed by atoms with Gasteiger partial charge in [0.05, 0.1) is 0 Å². The zero-order valence-corrected chi connectivity index (χ0v) is 8.56. The third kappa shape index (κ3) is 1.81. The predicted molar refractivity (Wildman–Crippen MR) is 57.0 cm³/mol. The summed E-state index contributed by atoms with van der Waals surface area (Å²) in [6.07, 6.45) is 1.08. The van der Waals surface area contributed by atoms with Gasteiger partial charge in [-0.3, -0.25) is 4.90 Å². The number of aliphatic hydroxyl groups excluding tert-OH is 1. The molecule has 0 unspecified atom stereocenters. The van der Waals surface area contributed by atoms with Crippen LogP contribution >= 0.6 is 0 Å². The van der Waals surface area contributed by atoms with E-state index < -0.39 is 0 Å². The molecular weight excluding hydrogens is 174 g/mol. The lowest BCUT2D eigenvalue weighted by atomic mass is 10.0. The first-order valence-corrected chi connectivity index (χ1v) is 5.17. The molecule has 0 amide bonds. The molecule has 0 aliphatic carbocycles. The van der Waals surface area contributed by atoms with Gasteiger partial charge < -0.3 is 5.11 Å². The Hall–Kier alpha value is -0.860. The molecule has 76 valence electrons. The second kappa shape index (κ2) is 4.11. The monoisotopic (exact) mass is 191 g/mol. The summed E-state index contributed by atoms with van der Waals surface area (Å²) in [5.41, 5.74) is 1.37. The first-order chi connectivity index (χ1) is 6.81. The van der Waals surface area contributed by atoms with Crippen LogP contribution in [-0.4, -0.2) is 30.2 Å². The maximum Gasteiger partial charge on any atom is 0.0472 e. The van der Waals surface area contributed by atoms with E-state index in [0.717, 1.165) is 13.0 Å². The van der Waals surface area contributed by atoms with Crippen molar-refractivity contribution in [1.29, 1.82) is 0 Å². The van der Waals surface area contributed by atoms with Crippen molar-refractivity contribution < 1.29 is 5.11 Å². The summed E-state index contributed by atoms with van der Waals surface area (Å²) < 4.78 is 0. The molecule has 2 atom stereocenters. The van der Waals surface area contributed by atoms with Crippen molar-refractivity contribution in [3.8, 4) is 0 Å². The quantitative estimate of drug-likeness (QED) is 0.768. The lowest BCUT2D eigenvalue weighted by Gasteiger charge is -2.19. The molecule has 0 spiro atoms. The molecule has 2 nitrogen and oxygen atoms in total. The van der Waals surface area contributed by atoms with Gasteiger partial charge in [-0.25, -0.2) is 0 Å². The van der Waals surface area contributed by atoms with E-state index in [1.807, 2.05) is 6.07 Å². The van der Waals surface area contributed by atoms with Crippen molar-refractivity contribution in [2.75, 3.05) is 20.2 Å². The molecule has 1 aliphatic heterocycles. The minimum Gasteiger partial charge on any atom is -0.396 e. The summed E-state index contributed by atoms with van der Waals surface area (Å²) in [6.45, 7) is 1.32. The molecule has 0 saturated carbocycles. The molecule has 0 radical (unpaired) electrons. The average molecular weight is 191 g/mol. The van der Waals surface area contributed by atoms with Gasteiger partial charge in [0.1, 0.15) is 0 Å². The van der Waals surface area contributed by atoms with E-state index >= 15 is 0 Å². The lowest BCUT2D eigenvalue weighted by molar-refractivity contribution is 0.227. The molecule has 1 heterocycles. The molecule has 1 aliphatic rings. The van der Waals surface area contributed by atoms with E-state index in [1.165, 1.54) is 5.56 Å². The maximum atomic E-state index is 9.12. The van der Waals surface area contributed by atoms with Crippen LogP contribution in [0.3, 0.4) is 0 Å².